The predicted octanol–water partition coefficient (Wildman–Crippen LogP) is -2.14. The molecular weight excluding hydrogens is 580 g/mol. The minimum absolute atomic E-state index is 0.106. The second kappa shape index (κ2) is 12.0. The van der Waals surface area contributed by atoms with E-state index in [-0.39, 0.29) is 16.9 Å². The molecule has 2 fully saturated rings. The summed E-state index contributed by atoms with van der Waals surface area (Å²) in [4.78, 5) is 13.7. The average molecular weight is 613 g/mol. The zero-order valence-corrected chi connectivity index (χ0v) is 22.4. The van der Waals surface area contributed by atoms with E-state index in [0.29, 0.717) is 0 Å². The quantitative estimate of drug-likeness (QED) is 0.156. The lowest BCUT2D eigenvalue weighted by Gasteiger charge is -2.46. The number of ketones is 1. The SMILES string of the molecule is C[C@@H]1O[C@@H](O[C@@H]2C(=O)c3c(O)cc(O)cc3O[C@H]2c2ccc(O)c(O)c2)[C@@H](O)[C@H](O[C@@H]2O[C@@H](CO)[C@H](O)[C@H](O)[C@@H]2O)[C@H]1O. The number of phenolic OH excluding ortho intramolecular Hbond substituents is 4. The maximum atomic E-state index is 13.7. The Morgan fingerprint density at radius 3 is 2.14 bits per heavy atom. The van der Waals surface area contributed by atoms with Gasteiger partial charge in [0.25, 0.3) is 0 Å². The van der Waals surface area contributed by atoms with Crippen LogP contribution in [0.5, 0.6) is 28.7 Å². The smallest absolute Gasteiger partial charge is 0.203 e. The van der Waals surface area contributed by atoms with Crippen LogP contribution >= 0.6 is 0 Å². The Kier molecular flexibility index (Phi) is 8.70. The van der Waals surface area contributed by atoms with Crippen LogP contribution in [0.3, 0.4) is 0 Å². The van der Waals surface area contributed by atoms with Gasteiger partial charge in [0.2, 0.25) is 5.78 Å². The van der Waals surface area contributed by atoms with Crippen LogP contribution in [0.2, 0.25) is 0 Å². The van der Waals surface area contributed by atoms with Crippen molar-refractivity contribution in [3.63, 3.8) is 0 Å². The normalized spacial score (nSPS) is 37.9. The van der Waals surface area contributed by atoms with E-state index in [1.165, 1.54) is 13.0 Å². The van der Waals surface area contributed by atoms with Crippen LogP contribution in [0.1, 0.15) is 28.9 Å². The van der Waals surface area contributed by atoms with Crippen LogP contribution in [-0.2, 0) is 18.9 Å². The first-order valence-corrected chi connectivity index (χ1v) is 13.2. The molecule has 0 aromatic heterocycles. The number of ether oxygens (including phenoxy) is 5. The van der Waals surface area contributed by atoms with Crippen molar-refractivity contribution in [3.05, 3.63) is 41.5 Å². The first kappa shape index (κ1) is 31.1. The molecule has 16 heteroatoms. The molecule has 0 unspecified atom stereocenters. The van der Waals surface area contributed by atoms with Gasteiger partial charge in [-0.1, -0.05) is 6.07 Å². The molecule has 10 N–H and O–H groups in total. The van der Waals surface area contributed by atoms with Crippen molar-refractivity contribution in [1.29, 1.82) is 0 Å². The lowest BCUT2D eigenvalue weighted by Crippen LogP contribution is -2.64. The van der Waals surface area contributed by atoms with E-state index >= 15 is 0 Å². The summed E-state index contributed by atoms with van der Waals surface area (Å²) in [6, 6.07) is 5.50. The van der Waals surface area contributed by atoms with Gasteiger partial charge in [0.15, 0.2) is 36.3 Å². The second-order valence-corrected chi connectivity index (χ2v) is 10.5. The molecule has 3 aliphatic heterocycles. The lowest BCUT2D eigenvalue weighted by molar-refractivity contribution is -0.360. The van der Waals surface area contributed by atoms with Crippen LogP contribution in [-0.4, -0.2) is 131 Å². The summed E-state index contributed by atoms with van der Waals surface area (Å²) >= 11 is 0. The average Bonchev–Trinajstić information content (AvgIpc) is 2.96. The number of hydrogen-bond acceptors (Lipinski definition) is 16. The number of aliphatic hydroxyl groups is 6. The van der Waals surface area contributed by atoms with E-state index in [4.69, 9.17) is 23.7 Å². The molecule has 0 aliphatic carbocycles. The van der Waals surface area contributed by atoms with Crippen LogP contribution in [0.4, 0.5) is 0 Å². The number of hydrogen-bond donors (Lipinski definition) is 10. The number of benzene rings is 2. The Bertz CT molecular complexity index is 1330. The number of Topliss-reactive ketones (excluding diaryl/α,β-unsaturated/α-hetero) is 1. The largest absolute Gasteiger partial charge is 0.508 e. The standard InChI is InChI=1S/C27H32O16/c1-8-17(33)24(42-26-21(37)20(36)18(34)15(7-28)41-26)22(38)27(39-8)43-25-19(35)16-13(32)5-10(29)6-14(16)40-23(25)9-2-3-11(30)12(31)4-9/h2-6,8,15,17-18,20-34,36-38H,7H2,1H3/t8-,15-,17-,18-,20-,21-,22-,23-,24+,25+,26-,27-/m0/s1. The van der Waals surface area contributed by atoms with Crippen molar-refractivity contribution in [2.75, 3.05) is 6.61 Å². The fourth-order valence-corrected chi connectivity index (χ4v) is 5.25. The molecule has 3 aliphatic rings. The Morgan fingerprint density at radius 1 is 0.767 bits per heavy atom. The summed E-state index contributed by atoms with van der Waals surface area (Å²) in [7, 11) is 0. The molecule has 3 heterocycles. The number of rotatable bonds is 6. The van der Waals surface area contributed by atoms with Crippen molar-refractivity contribution in [1.82, 2.24) is 0 Å². The fraction of sp³-hybridized carbons (Fsp3) is 0.519. The lowest BCUT2D eigenvalue weighted by atomic mass is 9.92. The van der Waals surface area contributed by atoms with E-state index in [1.54, 1.807) is 0 Å². The molecule has 2 saturated heterocycles. The van der Waals surface area contributed by atoms with E-state index in [1.807, 2.05) is 0 Å². The van der Waals surface area contributed by atoms with Crippen molar-refractivity contribution in [3.8, 4) is 28.7 Å². The summed E-state index contributed by atoms with van der Waals surface area (Å²) in [5, 5.41) is 102. The van der Waals surface area contributed by atoms with E-state index in [0.717, 1.165) is 24.3 Å². The van der Waals surface area contributed by atoms with Gasteiger partial charge in [-0.25, -0.2) is 0 Å². The predicted molar refractivity (Wildman–Crippen MR) is 137 cm³/mol. The highest BCUT2D eigenvalue weighted by atomic mass is 16.7. The van der Waals surface area contributed by atoms with E-state index in [9.17, 15) is 55.9 Å². The zero-order valence-electron chi connectivity index (χ0n) is 22.4. The minimum Gasteiger partial charge on any atom is -0.508 e. The highest BCUT2D eigenvalue weighted by Crippen LogP contribution is 2.44. The first-order chi connectivity index (χ1) is 20.3. The van der Waals surface area contributed by atoms with Gasteiger partial charge in [-0.3, -0.25) is 4.79 Å². The monoisotopic (exact) mass is 612 g/mol. The summed E-state index contributed by atoms with van der Waals surface area (Å²) in [5.41, 5.74) is -0.260. The molecule has 0 amide bonds. The van der Waals surface area contributed by atoms with E-state index in [2.05, 4.69) is 0 Å². The van der Waals surface area contributed by atoms with Crippen LogP contribution < -0.4 is 4.74 Å². The van der Waals surface area contributed by atoms with Crippen molar-refractivity contribution in [2.45, 2.75) is 80.5 Å². The first-order valence-electron chi connectivity index (χ1n) is 13.2. The molecule has 43 heavy (non-hydrogen) atoms. The summed E-state index contributed by atoms with van der Waals surface area (Å²) in [6.45, 7) is 0.630. The van der Waals surface area contributed by atoms with E-state index < -0.39 is 109 Å². The third kappa shape index (κ3) is 5.69. The van der Waals surface area contributed by atoms with Crippen molar-refractivity contribution < 1.29 is 79.5 Å². The van der Waals surface area contributed by atoms with Crippen LogP contribution in [0.25, 0.3) is 0 Å². The molecule has 12 atom stereocenters. The number of phenols is 4. The number of aromatic hydroxyl groups is 4. The zero-order chi connectivity index (χ0) is 31.3. The second-order valence-electron chi connectivity index (χ2n) is 10.5. The summed E-state index contributed by atoms with van der Waals surface area (Å²) in [5.74, 6) is -3.19. The molecular formula is C27H32O16. The summed E-state index contributed by atoms with van der Waals surface area (Å²) < 4.78 is 28.3. The van der Waals surface area contributed by atoms with Crippen LogP contribution in [0.15, 0.2) is 30.3 Å². The van der Waals surface area contributed by atoms with Gasteiger partial charge < -0.3 is 74.7 Å². The molecule has 5 rings (SSSR count). The van der Waals surface area contributed by atoms with Gasteiger partial charge in [-0.05, 0) is 24.6 Å². The topological polar surface area (TPSA) is 266 Å². The molecule has 0 radical (unpaired) electrons. The third-order valence-electron chi connectivity index (χ3n) is 7.63. The number of fused-ring (bicyclic) bond motifs is 1. The number of carbonyl (C=O) groups excluding carboxylic acids is 1. The Morgan fingerprint density at radius 2 is 1.47 bits per heavy atom. The highest BCUT2D eigenvalue weighted by Gasteiger charge is 2.52. The summed E-state index contributed by atoms with van der Waals surface area (Å²) in [6.07, 6.45) is -19.5. The molecule has 2 aromatic rings. The van der Waals surface area contributed by atoms with Gasteiger partial charge in [0.05, 0.1) is 12.7 Å². The molecule has 0 bridgehead atoms. The number of aliphatic hydroxyl groups excluding tert-OH is 6. The fourth-order valence-electron chi connectivity index (χ4n) is 5.25. The van der Waals surface area contributed by atoms with Crippen LogP contribution in [0, 0.1) is 0 Å². The minimum atomic E-state index is -1.89. The van der Waals surface area contributed by atoms with Gasteiger partial charge in [0.1, 0.15) is 65.5 Å². The molecule has 16 nitrogen and oxygen atoms in total. The molecule has 2 aromatic carbocycles. The molecule has 0 spiro atoms. The van der Waals surface area contributed by atoms with Gasteiger partial charge in [-0.15, -0.1) is 0 Å². The Labute approximate surface area is 243 Å². The van der Waals surface area contributed by atoms with Crippen molar-refractivity contribution in [2.24, 2.45) is 0 Å². The molecule has 236 valence electrons. The Hall–Kier alpha value is -3.29. The number of carbonyl (C=O) groups is 1. The maximum absolute atomic E-state index is 13.7. The van der Waals surface area contributed by atoms with Gasteiger partial charge in [-0.2, -0.15) is 0 Å². The third-order valence-corrected chi connectivity index (χ3v) is 7.63. The highest BCUT2D eigenvalue weighted by molar-refractivity contribution is 6.05. The Balaban J connectivity index is 1.45. The van der Waals surface area contributed by atoms with Crippen molar-refractivity contribution >= 4 is 5.78 Å². The van der Waals surface area contributed by atoms with Gasteiger partial charge >= 0.3 is 0 Å². The maximum Gasteiger partial charge on any atom is 0.203 e. The van der Waals surface area contributed by atoms with Gasteiger partial charge in [0, 0.05) is 12.1 Å². The molecule has 0 saturated carbocycles.